The molecular formula is C18H20N4O6S. The highest BCUT2D eigenvalue weighted by Crippen LogP contribution is 2.35. The van der Waals surface area contributed by atoms with Crippen LogP contribution in [-0.4, -0.2) is 43.6 Å². The molecular weight excluding hydrogens is 400 g/mol. The molecule has 1 saturated heterocycles. The molecule has 0 unspecified atom stereocenters. The number of sulfonamides is 1. The van der Waals surface area contributed by atoms with Crippen molar-refractivity contribution in [2.45, 2.75) is 20.8 Å². The molecule has 0 atom stereocenters. The number of carbonyl (C=O) groups excluding carboxylic acids is 3. The number of aromatic nitrogens is 1. The number of nitrogens with one attached hydrogen (secondary N) is 2. The van der Waals surface area contributed by atoms with E-state index < -0.39 is 33.2 Å². The summed E-state index contributed by atoms with van der Waals surface area (Å²) in [5.74, 6) is -1.22. The number of rotatable bonds is 5. The van der Waals surface area contributed by atoms with Crippen LogP contribution in [0.15, 0.2) is 34.9 Å². The molecule has 0 aliphatic carbocycles. The maximum atomic E-state index is 12.5. The molecule has 1 fully saturated rings. The first-order chi connectivity index (χ1) is 13.5. The monoisotopic (exact) mass is 420 g/mol. The zero-order chi connectivity index (χ0) is 21.4. The highest BCUT2D eigenvalue weighted by Gasteiger charge is 2.49. The molecule has 1 aromatic heterocycles. The van der Waals surface area contributed by atoms with Gasteiger partial charge in [-0.1, -0.05) is 11.2 Å². The number of benzene rings is 1. The summed E-state index contributed by atoms with van der Waals surface area (Å²) >= 11 is 0. The minimum Gasteiger partial charge on any atom is -0.360 e. The minimum atomic E-state index is -3.83. The van der Waals surface area contributed by atoms with Crippen molar-refractivity contribution < 1.29 is 27.3 Å². The molecule has 154 valence electrons. The van der Waals surface area contributed by atoms with E-state index in [1.165, 1.54) is 30.3 Å². The van der Waals surface area contributed by atoms with Gasteiger partial charge in [-0.3, -0.25) is 14.4 Å². The van der Waals surface area contributed by atoms with Crippen molar-refractivity contribution in [2.24, 2.45) is 5.41 Å². The van der Waals surface area contributed by atoms with Crippen LogP contribution in [0.3, 0.4) is 0 Å². The van der Waals surface area contributed by atoms with E-state index in [1.807, 2.05) is 0 Å². The Hall–Kier alpha value is -3.21. The van der Waals surface area contributed by atoms with Crippen LogP contribution in [0, 0.1) is 12.3 Å². The lowest BCUT2D eigenvalue weighted by Gasteiger charge is -2.18. The average Bonchev–Trinajstić information content (AvgIpc) is 3.10. The van der Waals surface area contributed by atoms with Gasteiger partial charge in [-0.15, -0.1) is 0 Å². The quantitative estimate of drug-likeness (QED) is 0.737. The third kappa shape index (κ3) is 4.29. The van der Waals surface area contributed by atoms with E-state index in [-0.39, 0.29) is 29.4 Å². The lowest BCUT2D eigenvalue weighted by molar-refractivity contribution is -0.123. The van der Waals surface area contributed by atoms with E-state index in [0.717, 1.165) is 4.31 Å². The number of aryl methyl sites for hydroxylation is 1. The van der Waals surface area contributed by atoms with Crippen LogP contribution < -0.4 is 14.9 Å². The highest BCUT2D eigenvalue weighted by molar-refractivity contribution is 7.94. The van der Waals surface area contributed by atoms with Gasteiger partial charge in [0.05, 0.1) is 23.4 Å². The molecule has 29 heavy (non-hydrogen) atoms. The second-order valence-electron chi connectivity index (χ2n) is 7.31. The summed E-state index contributed by atoms with van der Waals surface area (Å²) < 4.78 is 30.4. The number of carbonyl (C=O) groups is 3. The van der Waals surface area contributed by atoms with Gasteiger partial charge in [0, 0.05) is 11.6 Å². The lowest BCUT2D eigenvalue weighted by Crippen LogP contribution is -2.34. The Balaban J connectivity index is 1.70. The van der Waals surface area contributed by atoms with Crippen LogP contribution in [-0.2, 0) is 19.6 Å². The van der Waals surface area contributed by atoms with Gasteiger partial charge in [0.1, 0.15) is 5.76 Å². The van der Waals surface area contributed by atoms with Crippen molar-refractivity contribution in [1.29, 1.82) is 0 Å². The van der Waals surface area contributed by atoms with Crippen LogP contribution >= 0.6 is 0 Å². The molecule has 1 aliphatic heterocycles. The third-order valence-corrected chi connectivity index (χ3v) is 6.25. The first kappa shape index (κ1) is 20.5. The summed E-state index contributed by atoms with van der Waals surface area (Å²) in [4.78, 5) is 36.8. The molecule has 0 spiro atoms. The van der Waals surface area contributed by atoms with Gasteiger partial charge in [0.2, 0.25) is 21.8 Å². The molecule has 2 aromatic rings. The van der Waals surface area contributed by atoms with Crippen LogP contribution in [0.2, 0.25) is 0 Å². The normalized spacial score (nSPS) is 17.2. The molecule has 10 nitrogen and oxygen atoms in total. The fourth-order valence-electron chi connectivity index (χ4n) is 2.91. The fraction of sp³-hybridized carbons (Fsp3) is 0.333. The summed E-state index contributed by atoms with van der Waals surface area (Å²) in [6, 6.07) is 7.18. The van der Waals surface area contributed by atoms with Crippen molar-refractivity contribution in [3.8, 4) is 0 Å². The van der Waals surface area contributed by atoms with E-state index in [9.17, 15) is 22.8 Å². The van der Waals surface area contributed by atoms with Gasteiger partial charge < -0.3 is 15.2 Å². The number of nitrogens with zero attached hydrogens (tertiary/aromatic N) is 2. The van der Waals surface area contributed by atoms with E-state index in [0.29, 0.717) is 5.76 Å². The predicted molar refractivity (Wildman–Crippen MR) is 104 cm³/mol. The van der Waals surface area contributed by atoms with Gasteiger partial charge in [0.25, 0.3) is 5.91 Å². The van der Waals surface area contributed by atoms with Crippen molar-refractivity contribution in [3.63, 3.8) is 0 Å². The molecule has 3 rings (SSSR count). The maximum absolute atomic E-state index is 12.5. The molecule has 0 radical (unpaired) electrons. The Bertz CT molecular complexity index is 1090. The van der Waals surface area contributed by atoms with Crippen molar-refractivity contribution in [2.75, 3.05) is 21.9 Å². The third-order valence-electron chi connectivity index (χ3n) is 4.23. The van der Waals surface area contributed by atoms with E-state index >= 15 is 0 Å². The van der Waals surface area contributed by atoms with Crippen LogP contribution in [0.25, 0.3) is 0 Å². The number of anilines is 2. The number of amides is 3. The lowest BCUT2D eigenvalue weighted by atomic mass is 9.95. The van der Waals surface area contributed by atoms with Gasteiger partial charge in [-0.25, -0.2) is 12.7 Å². The van der Waals surface area contributed by atoms with Crippen molar-refractivity contribution in [1.82, 2.24) is 10.5 Å². The van der Waals surface area contributed by atoms with Gasteiger partial charge >= 0.3 is 0 Å². The summed E-state index contributed by atoms with van der Waals surface area (Å²) in [6.45, 7) is 4.45. The van der Waals surface area contributed by atoms with Crippen LogP contribution in [0.4, 0.5) is 11.5 Å². The topological polar surface area (TPSA) is 139 Å². The fourth-order valence-corrected chi connectivity index (χ4v) is 5.01. The molecule has 2 N–H and O–H groups in total. The van der Waals surface area contributed by atoms with Gasteiger partial charge in [0.15, 0.2) is 5.82 Å². The first-order valence-electron chi connectivity index (χ1n) is 8.68. The SMILES string of the molecule is Cc1cc(NC(=O)CNC(=O)c2cccc(N3C(=O)C(C)(C)CS3(=O)=O)c2)no1. The minimum absolute atomic E-state index is 0.0794. The Morgan fingerprint density at radius 2 is 2.00 bits per heavy atom. The predicted octanol–water partition coefficient (Wildman–Crippen LogP) is 1.05. The van der Waals surface area contributed by atoms with Crippen LogP contribution in [0.1, 0.15) is 30.0 Å². The Morgan fingerprint density at radius 3 is 2.59 bits per heavy atom. The summed E-state index contributed by atoms with van der Waals surface area (Å²) in [5, 5.41) is 8.51. The van der Waals surface area contributed by atoms with Crippen molar-refractivity contribution >= 4 is 39.3 Å². The smallest absolute Gasteiger partial charge is 0.251 e. The highest BCUT2D eigenvalue weighted by atomic mass is 32.2. The second-order valence-corrected chi connectivity index (χ2v) is 9.13. The van der Waals surface area contributed by atoms with Crippen LogP contribution in [0.5, 0.6) is 0 Å². The molecule has 1 aliphatic rings. The Kier molecular flexibility index (Phi) is 5.18. The molecule has 2 heterocycles. The summed E-state index contributed by atoms with van der Waals surface area (Å²) in [6.07, 6.45) is 0. The zero-order valence-corrected chi connectivity index (χ0v) is 16.9. The molecule has 11 heteroatoms. The van der Waals surface area contributed by atoms with E-state index in [1.54, 1.807) is 20.8 Å². The Labute approximate surface area is 167 Å². The van der Waals surface area contributed by atoms with E-state index in [4.69, 9.17) is 4.52 Å². The van der Waals surface area contributed by atoms with Crippen molar-refractivity contribution in [3.05, 3.63) is 41.7 Å². The average molecular weight is 420 g/mol. The molecule has 3 amide bonds. The summed E-state index contributed by atoms with van der Waals surface area (Å²) in [5.41, 5.74) is -0.856. The zero-order valence-electron chi connectivity index (χ0n) is 16.1. The van der Waals surface area contributed by atoms with E-state index in [2.05, 4.69) is 15.8 Å². The largest absolute Gasteiger partial charge is 0.360 e. The summed E-state index contributed by atoms with van der Waals surface area (Å²) in [7, 11) is -3.83. The molecule has 0 bridgehead atoms. The molecule has 0 saturated carbocycles. The Morgan fingerprint density at radius 1 is 1.28 bits per heavy atom. The number of hydrogen-bond acceptors (Lipinski definition) is 7. The van der Waals surface area contributed by atoms with Gasteiger partial charge in [-0.2, -0.15) is 0 Å². The first-order valence-corrected chi connectivity index (χ1v) is 10.3. The maximum Gasteiger partial charge on any atom is 0.251 e. The molecule has 1 aromatic carbocycles. The second kappa shape index (κ2) is 7.32. The number of hydrogen-bond donors (Lipinski definition) is 2. The standard InChI is InChI=1S/C18H20N4O6S/c1-11-7-14(21-28-11)20-15(23)9-19-16(24)12-5-4-6-13(8-12)22-17(25)18(2,3)10-29(22,26)27/h4-8H,9-10H2,1-3H3,(H,19,24)(H,20,21,23). The van der Waals surface area contributed by atoms with Gasteiger partial charge in [-0.05, 0) is 39.0 Å².